The largest absolute Gasteiger partial charge is 0.497 e. The zero-order valence-electron chi connectivity index (χ0n) is 15.5. The number of methoxy groups -OCH3 is 1. The molecule has 6 heteroatoms. The number of rotatable bonds is 3. The SMILES string of the molecule is COc1ccc(-c2cnc3n2CC(C(=O)N2CCN(C)CC2)CC3)cc1. The molecule has 1 unspecified atom stereocenters. The first-order valence-corrected chi connectivity index (χ1v) is 9.32. The Morgan fingerprint density at radius 1 is 1.15 bits per heavy atom. The molecule has 26 heavy (non-hydrogen) atoms. The van der Waals surface area contributed by atoms with Crippen molar-refractivity contribution in [2.45, 2.75) is 19.4 Å². The number of aryl methyl sites for hydroxylation is 1. The molecular weight excluding hydrogens is 328 g/mol. The number of carbonyl (C=O) groups excluding carboxylic acids is 1. The molecule has 2 aromatic rings. The van der Waals surface area contributed by atoms with E-state index in [4.69, 9.17) is 4.74 Å². The number of likely N-dealkylation sites (N-methyl/N-ethyl adjacent to an activating group) is 1. The highest BCUT2D eigenvalue weighted by Crippen LogP contribution is 2.29. The Hall–Kier alpha value is -2.34. The first-order valence-electron chi connectivity index (χ1n) is 9.32. The second-order valence-corrected chi connectivity index (χ2v) is 7.26. The van der Waals surface area contributed by atoms with Gasteiger partial charge in [0.1, 0.15) is 11.6 Å². The summed E-state index contributed by atoms with van der Waals surface area (Å²) in [4.78, 5) is 21.9. The minimum atomic E-state index is 0.0529. The molecule has 0 radical (unpaired) electrons. The molecule has 2 aliphatic heterocycles. The van der Waals surface area contributed by atoms with Gasteiger partial charge in [-0.2, -0.15) is 0 Å². The van der Waals surface area contributed by atoms with Gasteiger partial charge in [-0.15, -0.1) is 0 Å². The van der Waals surface area contributed by atoms with Crippen molar-refractivity contribution in [3.63, 3.8) is 0 Å². The maximum absolute atomic E-state index is 13.0. The standard InChI is InChI=1S/C20H26N4O2/c1-22-9-11-23(12-10-22)20(25)16-5-8-19-21-13-18(24(19)14-16)15-3-6-17(26-2)7-4-15/h3-4,6-7,13,16H,5,8-12,14H2,1-2H3. The van der Waals surface area contributed by atoms with Gasteiger partial charge in [-0.1, -0.05) is 0 Å². The molecule has 1 aromatic heterocycles. The number of amides is 1. The Labute approximate surface area is 154 Å². The van der Waals surface area contributed by atoms with E-state index in [1.165, 1.54) is 0 Å². The molecule has 0 N–H and O–H groups in total. The topological polar surface area (TPSA) is 50.6 Å². The number of aromatic nitrogens is 2. The van der Waals surface area contributed by atoms with Gasteiger partial charge in [0.25, 0.3) is 0 Å². The minimum absolute atomic E-state index is 0.0529. The number of hydrogen-bond donors (Lipinski definition) is 0. The van der Waals surface area contributed by atoms with Crippen LogP contribution in [-0.2, 0) is 17.8 Å². The molecule has 0 bridgehead atoms. The fourth-order valence-corrected chi connectivity index (χ4v) is 3.91. The van der Waals surface area contributed by atoms with Gasteiger partial charge in [0, 0.05) is 44.7 Å². The van der Waals surface area contributed by atoms with Crippen molar-refractivity contribution in [2.75, 3.05) is 40.3 Å². The predicted molar refractivity (Wildman–Crippen MR) is 100 cm³/mol. The molecule has 0 spiro atoms. The molecule has 2 aliphatic rings. The lowest BCUT2D eigenvalue weighted by molar-refractivity contribution is -0.138. The average Bonchev–Trinajstić information content (AvgIpc) is 3.11. The average molecular weight is 354 g/mol. The van der Waals surface area contributed by atoms with Crippen molar-refractivity contribution in [3.05, 3.63) is 36.3 Å². The molecule has 0 aliphatic carbocycles. The van der Waals surface area contributed by atoms with Crippen LogP contribution in [0.2, 0.25) is 0 Å². The normalized spacial score (nSPS) is 20.7. The highest BCUT2D eigenvalue weighted by Gasteiger charge is 2.31. The summed E-state index contributed by atoms with van der Waals surface area (Å²) in [6.45, 7) is 4.33. The Bertz CT molecular complexity index is 776. The van der Waals surface area contributed by atoms with Gasteiger partial charge in [0.05, 0.1) is 24.9 Å². The predicted octanol–water partition coefficient (Wildman–Crippen LogP) is 1.90. The maximum Gasteiger partial charge on any atom is 0.227 e. The van der Waals surface area contributed by atoms with Crippen LogP contribution < -0.4 is 4.74 Å². The number of benzene rings is 1. The number of nitrogens with zero attached hydrogens (tertiary/aromatic N) is 4. The molecular formula is C20H26N4O2. The highest BCUT2D eigenvalue weighted by atomic mass is 16.5. The summed E-state index contributed by atoms with van der Waals surface area (Å²) in [5.74, 6) is 2.28. The van der Waals surface area contributed by atoms with Gasteiger partial charge in [-0.25, -0.2) is 4.98 Å². The van der Waals surface area contributed by atoms with Crippen molar-refractivity contribution in [1.29, 1.82) is 0 Å². The second kappa shape index (κ2) is 7.11. The molecule has 1 atom stereocenters. The summed E-state index contributed by atoms with van der Waals surface area (Å²) in [6.07, 6.45) is 3.68. The van der Waals surface area contributed by atoms with Crippen LogP contribution in [-0.4, -0.2) is 65.6 Å². The number of fused-ring (bicyclic) bond motifs is 1. The zero-order chi connectivity index (χ0) is 18.1. The van der Waals surface area contributed by atoms with Crippen LogP contribution in [0.5, 0.6) is 5.75 Å². The van der Waals surface area contributed by atoms with Crippen LogP contribution in [0.15, 0.2) is 30.5 Å². The molecule has 1 saturated heterocycles. The fourth-order valence-electron chi connectivity index (χ4n) is 3.91. The zero-order valence-corrected chi connectivity index (χ0v) is 15.5. The van der Waals surface area contributed by atoms with Crippen LogP contribution in [0, 0.1) is 5.92 Å². The molecule has 1 fully saturated rings. The molecule has 1 amide bonds. The van der Waals surface area contributed by atoms with Crippen molar-refractivity contribution in [3.8, 4) is 17.0 Å². The van der Waals surface area contributed by atoms with Gasteiger partial charge in [-0.3, -0.25) is 4.79 Å². The summed E-state index contributed by atoms with van der Waals surface area (Å²) in [7, 11) is 3.78. The lowest BCUT2D eigenvalue weighted by atomic mass is 9.97. The minimum Gasteiger partial charge on any atom is -0.497 e. The van der Waals surface area contributed by atoms with E-state index in [1.807, 2.05) is 23.2 Å². The van der Waals surface area contributed by atoms with E-state index < -0.39 is 0 Å². The lowest BCUT2D eigenvalue weighted by Crippen LogP contribution is -2.50. The molecule has 4 rings (SSSR count). The molecule has 6 nitrogen and oxygen atoms in total. The van der Waals surface area contributed by atoms with Crippen LogP contribution in [0.3, 0.4) is 0 Å². The Morgan fingerprint density at radius 3 is 2.58 bits per heavy atom. The fraction of sp³-hybridized carbons (Fsp3) is 0.500. The molecule has 1 aromatic carbocycles. The first-order chi connectivity index (χ1) is 12.7. The number of imidazole rings is 1. The van der Waals surface area contributed by atoms with E-state index in [9.17, 15) is 4.79 Å². The van der Waals surface area contributed by atoms with Crippen molar-refractivity contribution in [1.82, 2.24) is 19.4 Å². The van der Waals surface area contributed by atoms with Crippen molar-refractivity contribution in [2.24, 2.45) is 5.92 Å². The van der Waals surface area contributed by atoms with Crippen LogP contribution in [0.4, 0.5) is 0 Å². The summed E-state index contributed by atoms with van der Waals surface area (Å²) in [5.41, 5.74) is 2.19. The van der Waals surface area contributed by atoms with E-state index in [0.29, 0.717) is 5.91 Å². The lowest BCUT2D eigenvalue weighted by Gasteiger charge is -2.36. The first kappa shape index (κ1) is 17.1. The van der Waals surface area contributed by atoms with Gasteiger partial charge >= 0.3 is 0 Å². The van der Waals surface area contributed by atoms with E-state index in [1.54, 1.807) is 7.11 Å². The van der Waals surface area contributed by atoms with E-state index >= 15 is 0 Å². The number of piperazine rings is 1. The second-order valence-electron chi connectivity index (χ2n) is 7.26. The van der Waals surface area contributed by atoms with E-state index in [-0.39, 0.29) is 5.92 Å². The van der Waals surface area contributed by atoms with E-state index in [2.05, 4.69) is 33.6 Å². The molecule has 0 saturated carbocycles. The third kappa shape index (κ3) is 3.21. The van der Waals surface area contributed by atoms with Gasteiger partial charge < -0.3 is 19.1 Å². The molecule has 3 heterocycles. The summed E-state index contributed by atoms with van der Waals surface area (Å²) in [6, 6.07) is 8.03. The Morgan fingerprint density at radius 2 is 1.88 bits per heavy atom. The molecule has 138 valence electrons. The number of ether oxygens (including phenoxy) is 1. The smallest absolute Gasteiger partial charge is 0.227 e. The van der Waals surface area contributed by atoms with Crippen molar-refractivity contribution < 1.29 is 9.53 Å². The Kier molecular flexibility index (Phi) is 4.68. The number of hydrogen-bond acceptors (Lipinski definition) is 4. The van der Waals surface area contributed by atoms with Gasteiger partial charge in [0.15, 0.2) is 0 Å². The maximum atomic E-state index is 13.0. The monoisotopic (exact) mass is 354 g/mol. The van der Waals surface area contributed by atoms with Crippen LogP contribution in [0.1, 0.15) is 12.2 Å². The van der Waals surface area contributed by atoms with Crippen LogP contribution in [0.25, 0.3) is 11.3 Å². The quantitative estimate of drug-likeness (QED) is 0.845. The van der Waals surface area contributed by atoms with Crippen LogP contribution >= 0.6 is 0 Å². The third-order valence-corrected chi connectivity index (χ3v) is 5.61. The number of carbonyl (C=O) groups is 1. The van der Waals surface area contributed by atoms with Gasteiger partial charge in [0.2, 0.25) is 5.91 Å². The van der Waals surface area contributed by atoms with Gasteiger partial charge in [-0.05, 0) is 37.7 Å². The van der Waals surface area contributed by atoms with Crippen molar-refractivity contribution >= 4 is 5.91 Å². The summed E-state index contributed by atoms with van der Waals surface area (Å²) >= 11 is 0. The third-order valence-electron chi connectivity index (χ3n) is 5.61. The van der Waals surface area contributed by atoms with E-state index in [0.717, 1.165) is 68.4 Å². The summed E-state index contributed by atoms with van der Waals surface area (Å²) < 4.78 is 7.47. The highest BCUT2D eigenvalue weighted by molar-refractivity contribution is 5.79. The summed E-state index contributed by atoms with van der Waals surface area (Å²) in [5, 5.41) is 0. The Balaban J connectivity index is 1.52.